The predicted molar refractivity (Wildman–Crippen MR) is 312 cm³/mol. The maximum Gasteiger partial charge on any atom is 0.167 e. The summed E-state index contributed by atoms with van der Waals surface area (Å²) in [6.07, 6.45) is 0. The minimum Gasteiger partial charge on any atom is -0.455 e. The topological polar surface area (TPSA) is 66.6 Å². The van der Waals surface area contributed by atoms with Crippen LogP contribution in [0.4, 0.5) is 0 Å². The van der Waals surface area contributed by atoms with Crippen LogP contribution in [0, 0.1) is 0 Å². The van der Waals surface area contributed by atoms with Crippen LogP contribution in [0.25, 0.3) is 150 Å². The summed E-state index contributed by atoms with van der Waals surface area (Å²) in [5, 5.41) is 9.13. The highest BCUT2D eigenvalue weighted by atomic mass is 16.3. The van der Waals surface area contributed by atoms with Gasteiger partial charge in [-0.15, -0.1) is 0 Å². The van der Waals surface area contributed by atoms with Gasteiger partial charge in [-0.1, -0.05) is 188 Å². The van der Waals surface area contributed by atoms with Gasteiger partial charge in [-0.05, 0) is 77.9 Å². The zero-order valence-electron chi connectivity index (χ0n) is 40.8. The van der Waals surface area contributed by atoms with E-state index in [-0.39, 0.29) is 0 Å². The third-order valence-corrected chi connectivity index (χ3v) is 15.3. The van der Waals surface area contributed by atoms with E-state index in [1.54, 1.807) is 0 Å². The van der Waals surface area contributed by atoms with E-state index in [0.29, 0.717) is 17.5 Å². The van der Waals surface area contributed by atoms with E-state index >= 15 is 0 Å². The minimum absolute atomic E-state index is 0.522. The first kappa shape index (κ1) is 42.2. The van der Waals surface area contributed by atoms with E-state index in [0.717, 1.165) is 111 Å². The second kappa shape index (κ2) is 16.6. The molecule has 0 aliphatic heterocycles. The molecule has 0 atom stereocenters. The van der Waals surface area contributed by atoms with Crippen molar-refractivity contribution in [2.45, 2.75) is 0 Å². The van der Waals surface area contributed by atoms with Gasteiger partial charge in [0.15, 0.2) is 17.5 Å². The number of para-hydroxylation sites is 8. The smallest absolute Gasteiger partial charge is 0.167 e. The van der Waals surface area contributed by atoms with Gasteiger partial charge in [0.25, 0.3) is 0 Å². The highest BCUT2D eigenvalue weighted by Gasteiger charge is 2.26. The van der Waals surface area contributed by atoms with Crippen molar-refractivity contribution in [3.8, 4) is 62.4 Å². The van der Waals surface area contributed by atoms with Crippen molar-refractivity contribution in [3.05, 3.63) is 255 Å². The molecule has 16 rings (SSSR count). The minimum atomic E-state index is 0.522. The largest absolute Gasteiger partial charge is 0.455 e. The van der Waals surface area contributed by atoms with E-state index in [2.05, 4.69) is 244 Å². The number of hydrogen-bond acceptors (Lipinski definition) is 4. The molecule has 0 bridgehead atoms. The van der Waals surface area contributed by atoms with Crippen LogP contribution < -0.4 is 0 Å². The number of aromatic nitrogens is 6. The van der Waals surface area contributed by atoms with Gasteiger partial charge in [0.05, 0.1) is 55.7 Å². The predicted octanol–water partition coefficient (Wildman–Crippen LogP) is 17.7. The van der Waals surface area contributed by atoms with E-state index < -0.39 is 0 Å². The Kier molecular flexibility index (Phi) is 9.20. The monoisotopic (exact) mass is 970 g/mol. The fourth-order valence-corrected chi connectivity index (χ4v) is 12.0. The molecule has 354 valence electrons. The maximum atomic E-state index is 6.67. The van der Waals surface area contributed by atoms with E-state index in [4.69, 9.17) is 19.4 Å². The van der Waals surface area contributed by atoms with Gasteiger partial charge in [0.2, 0.25) is 0 Å². The maximum absolute atomic E-state index is 6.67. The number of furan rings is 1. The lowest BCUT2D eigenvalue weighted by Crippen LogP contribution is -2.05. The summed E-state index contributed by atoms with van der Waals surface area (Å²) in [4.78, 5) is 16.3. The first-order valence-corrected chi connectivity index (χ1v) is 25.7. The highest BCUT2D eigenvalue weighted by molar-refractivity contribution is 6.19. The molecule has 0 unspecified atom stereocenters. The number of rotatable bonds is 7. The summed E-state index contributed by atoms with van der Waals surface area (Å²) < 4.78 is 14.0. The van der Waals surface area contributed by atoms with Crippen LogP contribution in [0.2, 0.25) is 0 Å². The summed E-state index contributed by atoms with van der Waals surface area (Å²) in [7, 11) is 0. The van der Waals surface area contributed by atoms with E-state index in [1.807, 2.05) is 24.3 Å². The molecule has 11 aromatic carbocycles. The summed E-state index contributed by atoms with van der Waals surface area (Å²) in [6, 6.07) is 90.4. The Morgan fingerprint density at radius 3 is 1.38 bits per heavy atom. The Bertz CT molecular complexity index is 4890. The Hall–Kier alpha value is -10.4. The van der Waals surface area contributed by atoms with Gasteiger partial charge < -0.3 is 18.1 Å². The molecular formula is C69H42N6O. The summed E-state index contributed by atoms with van der Waals surface area (Å²) in [5.74, 6) is 1.62. The van der Waals surface area contributed by atoms with Crippen LogP contribution in [-0.2, 0) is 0 Å². The zero-order valence-corrected chi connectivity index (χ0v) is 40.8. The normalized spacial score (nSPS) is 11.9. The molecular weight excluding hydrogens is 929 g/mol. The average Bonchev–Trinajstić information content (AvgIpc) is 4.25. The van der Waals surface area contributed by atoms with Crippen molar-refractivity contribution in [1.82, 2.24) is 28.7 Å². The SMILES string of the molecule is c1ccc(-c2ccc(-c3nc(-c4ccccc4-n4c5cccc(-n6c7ccccc7c7ccccc76)c5c5cccc(-n6c7ccccc7c7ccccc76)c54)nc(-c4cccc5c4oc4ccccc45)n3)cc2)cc1. The molecule has 16 aromatic rings. The van der Waals surface area contributed by atoms with Gasteiger partial charge in [0, 0.05) is 54.2 Å². The van der Waals surface area contributed by atoms with Crippen LogP contribution in [0.1, 0.15) is 0 Å². The van der Waals surface area contributed by atoms with E-state index in [9.17, 15) is 0 Å². The zero-order chi connectivity index (χ0) is 49.8. The fraction of sp³-hybridized carbons (Fsp3) is 0. The molecule has 0 aliphatic rings. The van der Waals surface area contributed by atoms with Crippen LogP contribution in [0.3, 0.4) is 0 Å². The van der Waals surface area contributed by atoms with Crippen molar-refractivity contribution in [3.63, 3.8) is 0 Å². The summed E-state index contributed by atoms with van der Waals surface area (Å²) in [5.41, 5.74) is 16.1. The Morgan fingerprint density at radius 2 is 0.697 bits per heavy atom. The van der Waals surface area contributed by atoms with E-state index in [1.165, 1.54) is 21.5 Å². The molecule has 0 amide bonds. The molecule has 0 aliphatic carbocycles. The standard InChI is InChI=1S/C69H42N6O/c1-2-19-43(20-3-1)44-39-41-45(42-40-44)67-70-68(72-69(71-67)54-29-16-27-51-50-25-9-15-38-63(50)76-66(51)54)52-26-8-14-34-59(52)75-61-36-18-35-60(73-55-30-10-4-21-46(55)47-22-5-11-31-56(47)73)64(61)53-28-17-37-62(65(53)75)74-57-32-12-6-23-48(57)49-24-7-13-33-58(49)74/h1-42H. The molecule has 7 nitrogen and oxygen atoms in total. The van der Waals surface area contributed by atoms with Crippen molar-refractivity contribution >= 4 is 87.4 Å². The van der Waals surface area contributed by atoms with Gasteiger partial charge in [-0.2, -0.15) is 0 Å². The second-order valence-electron chi connectivity index (χ2n) is 19.5. The summed E-state index contributed by atoms with van der Waals surface area (Å²) in [6.45, 7) is 0. The van der Waals surface area contributed by atoms with Crippen molar-refractivity contribution in [2.24, 2.45) is 0 Å². The third-order valence-electron chi connectivity index (χ3n) is 15.3. The molecule has 76 heavy (non-hydrogen) atoms. The van der Waals surface area contributed by atoms with Crippen LogP contribution in [0.5, 0.6) is 0 Å². The van der Waals surface area contributed by atoms with Gasteiger partial charge in [0.1, 0.15) is 11.2 Å². The average molecular weight is 971 g/mol. The molecule has 0 radical (unpaired) electrons. The van der Waals surface area contributed by atoms with Gasteiger partial charge in [-0.3, -0.25) is 0 Å². The second-order valence-corrected chi connectivity index (χ2v) is 19.5. The Labute approximate surface area is 435 Å². The molecule has 0 saturated carbocycles. The van der Waals surface area contributed by atoms with Gasteiger partial charge in [-0.25, -0.2) is 15.0 Å². The lowest BCUT2D eigenvalue weighted by atomic mass is 10.0. The molecule has 0 saturated heterocycles. The fourth-order valence-electron chi connectivity index (χ4n) is 12.0. The molecule has 0 N–H and O–H groups in total. The molecule has 0 fully saturated rings. The number of benzene rings is 11. The number of fused-ring (bicyclic) bond motifs is 12. The van der Waals surface area contributed by atoms with Crippen LogP contribution in [-0.4, -0.2) is 28.7 Å². The Balaban J connectivity index is 1.01. The third kappa shape index (κ3) is 6.26. The van der Waals surface area contributed by atoms with Crippen molar-refractivity contribution in [1.29, 1.82) is 0 Å². The molecule has 0 spiro atoms. The first-order valence-electron chi connectivity index (χ1n) is 25.7. The number of hydrogen-bond donors (Lipinski definition) is 0. The number of nitrogens with zero attached hydrogens (tertiary/aromatic N) is 6. The summed E-state index contributed by atoms with van der Waals surface area (Å²) >= 11 is 0. The molecule has 7 heteroatoms. The van der Waals surface area contributed by atoms with Crippen molar-refractivity contribution < 1.29 is 4.42 Å². The van der Waals surface area contributed by atoms with Crippen LogP contribution >= 0.6 is 0 Å². The molecule has 5 aromatic heterocycles. The first-order chi connectivity index (χ1) is 37.7. The van der Waals surface area contributed by atoms with Crippen molar-refractivity contribution in [2.75, 3.05) is 0 Å². The quantitative estimate of drug-likeness (QED) is 0.160. The highest BCUT2D eigenvalue weighted by Crippen LogP contribution is 2.45. The van der Waals surface area contributed by atoms with Gasteiger partial charge >= 0.3 is 0 Å². The lowest BCUT2D eigenvalue weighted by Gasteiger charge is -2.17. The Morgan fingerprint density at radius 1 is 0.263 bits per heavy atom. The lowest BCUT2D eigenvalue weighted by molar-refractivity contribution is 0.669. The van der Waals surface area contributed by atoms with Crippen LogP contribution in [0.15, 0.2) is 259 Å². The molecule has 5 heterocycles.